The van der Waals surface area contributed by atoms with Crippen LogP contribution >= 0.6 is 0 Å². The van der Waals surface area contributed by atoms with Crippen molar-refractivity contribution in [1.82, 2.24) is 20.4 Å². The Bertz CT molecular complexity index is 1260. The van der Waals surface area contributed by atoms with E-state index < -0.39 is 0 Å². The van der Waals surface area contributed by atoms with Gasteiger partial charge in [-0.15, -0.1) is 0 Å². The molecule has 0 bridgehead atoms. The van der Waals surface area contributed by atoms with Crippen LogP contribution < -0.4 is 20.1 Å². The van der Waals surface area contributed by atoms with Crippen LogP contribution in [0.5, 0.6) is 11.5 Å². The summed E-state index contributed by atoms with van der Waals surface area (Å²) in [4.78, 5) is 5.24. The maximum Gasteiger partial charge on any atom is 0.119 e. The van der Waals surface area contributed by atoms with Crippen molar-refractivity contribution in [3.8, 4) is 11.5 Å². The van der Waals surface area contributed by atoms with Crippen molar-refractivity contribution in [2.45, 2.75) is 25.9 Å². The summed E-state index contributed by atoms with van der Waals surface area (Å²) in [5.41, 5.74) is 2.66. The summed E-state index contributed by atoms with van der Waals surface area (Å²) < 4.78 is 10.7. The van der Waals surface area contributed by atoms with E-state index in [1.807, 2.05) is 12.1 Å². The van der Waals surface area contributed by atoms with E-state index in [2.05, 4.69) is 81.1 Å². The molecule has 0 radical (unpaired) electrons. The molecule has 0 saturated carbocycles. The second-order valence-corrected chi connectivity index (χ2v) is 10.8. The van der Waals surface area contributed by atoms with Crippen molar-refractivity contribution in [1.29, 1.82) is 0 Å². The summed E-state index contributed by atoms with van der Waals surface area (Å²) in [5, 5.41) is 12.2. The minimum Gasteiger partial charge on any atom is -0.497 e. The second kappa shape index (κ2) is 14.5. The van der Waals surface area contributed by atoms with Gasteiger partial charge in [0.15, 0.2) is 0 Å². The molecule has 0 aromatic heterocycles. The molecule has 0 atom stereocenters. The number of rotatable bonds is 14. The van der Waals surface area contributed by atoms with Gasteiger partial charge in [-0.3, -0.25) is 0 Å². The van der Waals surface area contributed by atoms with E-state index in [1.54, 1.807) is 14.2 Å². The minimum absolute atomic E-state index is 0.909. The first-order valence-electron chi connectivity index (χ1n) is 14.7. The Morgan fingerprint density at radius 3 is 1.38 bits per heavy atom. The molecule has 2 N–H and O–H groups in total. The number of ether oxygens (including phenoxy) is 2. The molecule has 1 fully saturated rings. The average Bonchev–Trinajstić information content (AvgIpc) is 3.00. The zero-order chi connectivity index (χ0) is 27.6. The molecule has 1 saturated heterocycles. The lowest BCUT2D eigenvalue weighted by molar-refractivity contribution is 0.130. The minimum atomic E-state index is 0.909. The van der Waals surface area contributed by atoms with E-state index >= 15 is 0 Å². The molecular formula is C34H44N4O2. The molecule has 0 spiro atoms. The third-order valence-electron chi connectivity index (χ3n) is 8.00. The molecule has 0 unspecified atom stereocenters. The summed E-state index contributed by atoms with van der Waals surface area (Å²) >= 11 is 0. The van der Waals surface area contributed by atoms with Gasteiger partial charge in [0.25, 0.3) is 0 Å². The van der Waals surface area contributed by atoms with Crippen molar-refractivity contribution in [2.24, 2.45) is 0 Å². The molecule has 4 aromatic carbocycles. The topological polar surface area (TPSA) is 49.0 Å². The molecule has 1 aliphatic rings. The molecule has 0 amide bonds. The predicted octanol–water partition coefficient (Wildman–Crippen LogP) is 5.29. The number of hydrogen-bond acceptors (Lipinski definition) is 6. The molecule has 6 heteroatoms. The van der Waals surface area contributed by atoms with Crippen LogP contribution in [0, 0.1) is 0 Å². The van der Waals surface area contributed by atoms with Crippen molar-refractivity contribution >= 4 is 21.5 Å². The fourth-order valence-corrected chi connectivity index (χ4v) is 5.58. The summed E-state index contributed by atoms with van der Waals surface area (Å²) in [6, 6.07) is 25.9. The normalized spacial score (nSPS) is 14.7. The summed E-state index contributed by atoms with van der Waals surface area (Å²) in [6.45, 7) is 11.0. The van der Waals surface area contributed by atoms with Gasteiger partial charge >= 0.3 is 0 Å². The molecule has 212 valence electrons. The van der Waals surface area contributed by atoms with Gasteiger partial charge in [-0.1, -0.05) is 36.4 Å². The number of fused-ring (bicyclic) bond motifs is 2. The Morgan fingerprint density at radius 2 is 0.950 bits per heavy atom. The van der Waals surface area contributed by atoms with Crippen molar-refractivity contribution in [3.63, 3.8) is 0 Å². The van der Waals surface area contributed by atoms with Crippen molar-refractivity contribution in [3.05, 3.63) is 83.9 Å². The van der Waals surface area contributed by atoms with Gasteiger partial charge in [0.1, 0.15) is 11.5 Å². The van der Waals surface area contributed by atoms with E-state index in [0.29, 0.717) is 0 Å². The van der Waals surface area contributed by atoms with E-state index in [9.17, 15) is 0 Å². The third-order valence-corrected chi connectivity index (χ3v) is 8.00. The zero-order valence-corrected chi connectivity index (χ0v) is 24.1. The lowest BCUT2D eigenvalue weighted by Crippen LogP contribution is -2.47. The van der Waals surface area contributed by atoms with Gasteiger partial charge in [0, 0.05) is 39.3 Å². The fourth-order valence-electron chi connectivity index (χ4n) is 5.58. The Labute approximate surface area is 239 Å². The number of hydrogen-bond donors (Lipinski definition) is 2. The first-order valence-corrected chi connectivity index (χ1v) is 14.7. The Hall–Kier alpha value is -3.16. The van der Waals surface area contributed by atoms with Crippen LogP contribution in [0.3, 0.4) is 0 Å². The quantitative estimate of drug-likeness (QED) is 0.212. The van der Waals surface area contributed by atoms with E-state index in [0.717, 1.165) is 37.7 Å². The van der Waals surface area contributed by atoms with Crippen molar-refractivity contribution < 1.29 is 9.47 Å². The average molecular weight is 541 g/mol. The van der Waals surface area contributed by atoms with Gasteiger partial charge in [0.05, 0.1) is 14.2 Å². The summed E-state index contributed by atoms with van der Waals surface area (Å²) in [6.07, 6.45) is 2.38. The molecule has 1 heterocycles. The first kappa shape index (κ1) is 28.4. The highest BCUT2D eigenvalue weighted by Crippen LogP contribution is 2.23. The SMILES string of the molecule is COc1ccc2cc(CNCCCN3CCN(CCCNCc4ccc5cc(OC)ccc5c4)CC3)ccc2c1. The standard InChI is InChI=1S/C34H44N4O2/c1-39-33-11-9-29-21-27(5-7-31(29)23-33)25-35-13-3-15-37-17-19-38(20-18-37)16-4-14-36-26-28-6-8-32-24-34(40-2)12-10-30(32)22-28/h5-12,21-24,35-36H,3-4,13-20,25-26H2,1-2H3. The number of methoxy groups -OCH3 is 2. The molecule has 4 aromatic rings. The van der Waals surface area contributed by atoms with Gasteiger partial charge in [-0.25, -0.2) is 0 Å². The predicted molar refractivity (Wildman–Crippen MR) is 167 cm³/mol. The molecule has 0 aliphatic carbocycles. The van der Waals surface area contributed by atoms with Crippen LogP contribution in [-0.4, -0.2) is 76.4 Å². The first-order chi connectivity index (χ1) is 19.7. The number of nitrogens with one attached hydrogen (secondary N) is 2. The maximum atomic E-state index is 5.33. The van der Waals surface area contributed by atoms with E-state index in [4.69, 9.17) is 9.47 Å². The van der Waals surface area contributed by atoms with Crippen LogP contribution in [0.25, 0.3) is 21.5 Å². The smallest absolute Gasteiger partial charge is 0.119 e. The van der Waals surface area contributed by atoms with Crippen LogP contribution in [0.4, 0.5) is 0 Å². The van der Waals surface area contributed by atoms with Gasteiger partial charge < -0.3 is 29.9 Å². The highest BCUT2D eigenvalue weighted by molar-refractivity contribution is 5.85. The highest BCUT2D eigenvalue weighted by atomic mass is 16.5. The lowest BCUT2D eigenvalue weighted by atomic mass is 10.1. The van der Waals surface area contributed by atoms with Crippen molar-refractivity contribution in [2.75, 3.05) is 66.6 Å². The molecule has 1 aliphatic heterocycles. The van der Waals surface area contributed by atoms with Crippen LogP contribution in [-0.2, 0) is 13.1 Å². The fraction of sp³-hybridized carbons (Fsp3) is 0.412. The third kappa shape index (κ3) is 7.95. The molecular weight excluding hydrogens is 496 g/mol. The molecule has 40 heavy (non-hydrogen) atoms. The Kier molecular flexibility index (Phi) is 10.3. The van der Waals surface area contributed by atoms with Gasteiger partial charge in [-0.05, 0) is 108 Å². The Morgan fingerprint density at radius 1 is 0.550 bits per heavy atom. The number of benzene rings is 4. The van der Waals surface area contributed by atoms with Crippen LogP contribution in [0.1, 0.15) is 24.0 Å². The Balaban J connectivity index is 0.908. The van der Waals surface area contributed by atoms with Gasteiger partial charge in [0.2, 0.25) is 0 Å². The summed E-state index contributed by atoms with van der Waals surface area (Å²) in [7, 11) is 3.43. The van der Waals surface area contributed by atoms with E-state index in [1.165, 1.54) is 84.8 Å². The zero-order valence-electron chi connectivity index (χ0n) is 24.1. The second-order valence-electron chi connectivity index (χ2n) is 10.8. The monoisotopic (exact) mass is 540 g/mol. The molecule has 5 rings (SSSR count). The number of piperazine rings is 1. The maximum absolute atomic E-state index is 5.33. The number of nitrogens with zero attached hydrogens (tertiary/aromatic N) is 2. The summed E-state index contributed by atoms with van der Waals surface area (Å²) in [5.74, 6) is 1.82. The van der Waals surface area contributed by atoms with Crippen LogP contribution in [0.2, 0.25) is 0 Å². The lowest BCUT2D eigenvalue weighted by Gasteiger charge is -2.34. The van der Waals surface area contributed by atoms with Crippen LogP contribution in [0.15, 0.2) is 72.8 Å². The molecule has 6 nitrogen and oxygen atoms in total. The largest absolute Gasteiger partial charge is 0.497 e. The highest BCUT2D eigenvalue weighted by Gasteiger charge is 2.15. The van der Waals surface area contributed by atoms with Gasteiger partial charge in [-0.2, -0.15) is 0 Å². The van der Waals surface area contributed by atoms with E-state index in [-0.39, 0.29) is 0 Å².